The first-order valence-electron chi connectivity index (χ1n) is 3.02. The molecule has 1 atom stereocenters. The molecular formula is C5H11N2OS. The van der Waals surface area contributed by atoms with E-state index in [0.29, 0.717) is 0 Å². The fraction of sp³-hybridized carbons (Fsp3) is 1.00. The van der Waals surface area contributed by atoms with Gasteiger partial charge < -0.3 is 4.55 Å². The summed E-state index contributed by atoms with van der Waals surface area (Å²) in [7, 11) is 0. The maximum atomic E-state index is 10.8. The lowest BCUT2D eigenvalue weighted by Crippen LogP contribution is -2.43. The number of rotatable bonds is 1. The zero-order valence-corrected chi connectivity index (χ0v) is 6.36. The fourth-order valence-corrected chi connectivity index (χ4v) is 1.52. The number of piperazine rings is 1. The molecule has 1 unspecified atom stereocenters. The van der Waals surface area contributed by atoms with Crippen LogP contribution >= 0.6 is 0 Å². The molecule has 4 heteroatoms. The molecule has 1 rings (SSSR count). The minimum absolute atomic E-state index is 0.779. The predicted molar refractivity (Wildman–Crippen MR) is 37.5 cm³/mol. The number of nitrogens with zero attached hydrogens (tertiary/aromatic N) is 2. The summed E-state index contributed by atoms with van der Waals surface area (Å²) in [5, 5.41) is 4.13. The lowest BCUT2D eigenvalue weighted by Gasteiger charge is -2.24. The molecule has 1 aliphatic heterocycles. The van der Waals surface area contributed by atoms with Gasteiger partial charge in [-0.05, 0) is 0 Å². The van der Waals surface area contributed by atoms with Crippen molar-refractivity contribution in [3.63, 3.8) is 0 Å². The summed E-state index contributed by atoms with van der Waals surface area (Å²) in [5.74, 6) is 0. The van der Waals surface area contributed by atoms with Crippen LogP contribution in [0.5, 0.6) is 0 Å². The van der Waals surface area contributed by atoms with Crippen molar-refractivity contribution in [2.75, 3.05) is 32.4 Å². The van der Waals surface area contributed by atoms with Crippen LogP contribution < -0.4 is 5.32 Å². The molecule has 0 aliphatic carbocycles. The number of hydrogen-bond acceptors (Lipinski definition) is 2. The molecule has 0 N–H and O–H groups in total. The molecule has 1 heterocycles. The van der Waals surface area contributed by atoms with Crippen molar-refractivity contribution in [3.05, 3.63) is 0 Å². The molecule has 1 radical (unpaired) electrons. The van der Waals surface area contributed by atoms with Crippen LogP contribution in [0.25, 0.3) is 0 Å². The van der Waals surface area contributed by atoms with E-state index in [2.05, 4.69) is 5.32 Å². The quantitative estimate of drug-likeness (QED) is 0.456. The van der Waals surface area contributed by atoms with E-state index in [9.17, 15) is 4.55 Å². The number of hydrogen-bond donors (Lipinski definition) is 0. The molecule has 0 amide bonds. The van der Waals surface area contributed by atoms with E-state index in [1.807, 2.05) is 4.31 Å². The van der Waals surface area contributed by atoms with Crippen LogP contribution in [0.4, 0.5) is 0 Å². The fourth-order valence-electron chi connectivity index (χ4n) is 0.845. The van der Waals surface area contributed by atoms with Gasteiger partial charge in [0.05, 0.1) is 13.1 Å². The van der Waals surface area contributed by atoms with E-state index >= 15 is 0 Å². The summed E-state index contributed by atoms with van der Waals surface area (Å²) in [6.07, 6.45) is 1.71. The molecule has 0 aromatic carbocycles. The first-order chi connectivity index (χ1) is 4.30. The van der Waals surface area contributed by atoms with Gasteiger partial charge in [0.15, 0.2) is 0 Å². The molecule has 9 heavy (non-hydrogen) atoms. The van der Waals surface area contributed by atoms with Gasteiger partial charge in [-0.2, -0.15) is 0 Å². The van der Waals surface area contributed by atoms with Crippen molar-refractivity contribution >= 4 is 11.4 Å². The highest BCUT2D eigenvalue weighted by Crippen LogP contribution is 1.98. The Hall–Kier alpha value is 0.230. The third-order valence-corrected chi connectivity index (χ3v) is 2.47. The van der Waals surface area contributed by atoms with E-state index in [4.69, 9.17) is 0 Å². The first-order valence-corrected chi connectivity index (χ1v) is 4.54. The van der Waals surface area contributed by atoms with Gasteiger partial charge in [-0.25, -0.2) is 5.32 Å². The average molecular weight is 147 g/mol. The van der Waals surface area contributed by atoms with Crippen molar-refractivity contribution in [3.8, 4) is 0 Å². The SMILES string of the molecule is C[S+]([O-])N1CC[N]CC1. The highest BCUT2D eigenvalue weighted by atomic mass is 32.2. The molecule has 0 bridgehead atoms. The second-order valence-corrected chi connectivity index (χ2v) is 3.39. The Morgan fingerprint density at radius 3 is 2.33 bits per heavy atom. The highest BCUT2D eigenvalue weighted by Gasteiger charge is 2.17. The van der Waals surface area contributed by atoms with Crippen LogP contribution in [-0.4, -0.2) is 41.3 Å². The van der Waals surface area contributed by atoms with Gasteiger partial charge in [-0.1, -0.05) is 0 Å². The standard InChI is InChI=1S/C5H11N2OS/c1-9(8)7-4-2-6-3-5-7/h2-5H2,1H3. The lowest BCUT2D eigenvalue weighted by molar-refractivity contribution is 0.359. The van der Waals surface area contributed by atoms with Gasteiger partial charge in [0, 0.05) is 24.5 Å². The van der Waals surface area contributed by atoms with Crippen LogP contribution in [0, 0.1) is 0 Å². The highest BCUT2D eigenvalue weighted by molar-refractivity contribution is 7.88. The molecule has 53 valence electrons. The van der Waals surface area contributed by atoms with Crippen LogP contribution in [0.3, 0.4) is 0 Å². The molecule has 0 aromatic rings. The largest absolute Gasteiger partial charge is 0.598 e. The van der Waals surface area contributed by atoms with Gasteiger partial charge in [0.25, 0.3) is 0 Å². The Morgan fingerprint density at radius 1 is 1.44 bits per heavy atom. The third kappa shape index (κ3) is 2.14. The summed E-state index contributed by atoms with van der Waals surface area (Å²) in [6, 6.07) is 0. The molecule has 0 aromatic heterocycles. The Labute approximate surface area is 58.7 Å². The molecule has 1 fully saturated rings. The minimum atomic E-state index is -0.779. The van der Waals surface area contributed by atoms with Crippen molar-refractivity contribution in [1.82, 2.24) is 9.62 Å². The third-order valence-electron chi connectivity index (χ3n) is 1.38. The smallest absolute Gasteiger partial charge is 0.115 e. The van der Waals surface area contributed by atoms with Crippen molar-refractivity contribution in [2.45, 2.75) is 0 Å². The summed E-state index contributed by atoms with van der Waals surface area (Å²) < 4.78 is 12.7. The van der Waals surface area contributed by atoms with Crippen LogP contribution in [-0.2, 0) is 11.4 Å². The summed E-state index contributed by atoms with van der Waals surface area (Å²) >= 11 is -0.779. The lowest BCUT2D eigenvalue weighted by atomic mass is 10.4. The first kappa shape index (κ1) is 7.34. The van der Waals surface area contributed by atoms with Crippen molar-refractivity contribution < 1.29 is 4.55 Å². The average Bonchev–Trinajstić information content (AvgIpc) is 1.90. The summed E-state index contributed by atoms with van der Waals surface area (Å²) in [5.41, 5.74) is 0. The molecule has 0 saturated carbocycles. The normalized spacial score (nSPS) is 26.0. The molecule has 3 nitrogen and oxygen atoms in total. The van der Waals surface area contributed by atoms with Gasteiger partial charge in [0.2, 0.25) is 0 Å². The molecule has 0 spiro atoms. The van der Waals surface area contributed by atoms with E-state index in [1.165, 1.54) is 0 Å². The Bertz CT molecular complexity index is 83.0. The van der Waals surface area contributed by atoms with Crippen molar-refractivity contribution in [2.24, 2.45) is 0 Å². The topological polar surface area (TPSA) is 40.4 Å². The minimum Gasteiger partial charge on any atom is -0.598 e. The Balaban J connectivity index is 2.23. The maximum Gasteiger partial charge on any atom is 0.115 e. The van der Waals surface area contributed by atoms with E-state index in [0.717, 1.165) is 26.2 Å². The van der Waals surface area contributed by atoms with Gasteiger partial charge in [0.1, 0.15) is 6.26 Å². The summed E-state index contributed by atoms with van der Waals surface area (Å²) in [6.45, 7) is 3.42. The summed E-state index contributed by atoms with van der Waals surface area (Å²) in [4.78, 5) is 0. The van der Waals surface area contributed by atoms with E-state index in [1.54, 1.807) is 6.26 Å². The monoisotopic (exact) mass is 147 g/mol. The Morgan fingerprint density at radius 2 is 2.00 bits per heavy atom. The zero-order valence-electron chi connectivity index (χ0n) is 5.54. The second kappa shape index (κ2) is 3.41. The van der Waals surface area contributed by atoms with Gasteiger partial charge in [-0.3, -0.25) is 0 Å². The van der Waals surface area contributed by atoms with Crippen LogP contribution in [0.1, 0.15) is 0 Å². The van der Waals surface area contributed by atoms with Gasteiger partial charge in [-0.15, -0.1) is 4.31 Å². The predicted octanol–water partition coefficient (Wildman–Crippen LogP) is -0.800. The molecular weight excluding hydrogens is 136 g/mol. The second-order valence-electron chi connectivity index (χ2n) is 2.02. The van der Waals surface area contributed by atoms with Crippen LogP contribution in [0.15, 0.2) is 0 Å². The molecule has 1 aliphatic rings. The van der Waals surface area contributed by atoms with Gasteiger partial charge >= 0.3 is 0 Å². The van der Waals surface area contributed by atoms with E-state index in [-0.39, 0.29) is 0 Å². The van der Waals surface area contributed by atoms with Crippen LogP contribution in [0.2, 0.25) is 0 Å². The Kier molecular flexibility index (Phi) is 2.78. The molecule has 1 saturated heterocycles. The van der Waals surface area contributed by atoms with Crippen molar-refractivity contribution in [1.29, 1.82) is 0 Å². The zero-order chi connectivity index (χ0) is 6.69. The maximum absolute atomic E-state index is 10.8. The van der Waals surface area contributed by atoms with E-state index < -0.39 is 11.4 Å².